The lowest BCUT2D eigenvalue weighted by molar-refractivity contribution is -0.161. The highest BCUT2D eigenvalue weighted by Crippen LogP contribution is 2.45. The normalized spacial score (nSPS) is 14.4. The molecule has 94 heavy (non-hydrogen) atoms. The molecule has 0 fully saturated rings. The summed E-state index contributed by atoms with van der Waals surface area (Å²) in [5.74, 6) is 0.899. The molecule has 0 aromatic rings. The summed E-state index contributed by atoms with van der Waals surface area (Å²) in [4.78, 5) is 72.7. The predicted octanol–water partition coefficient (Wildman–Crippen LogP) is 21.7. The Morgan fingerprint density at radius 1 is 0.298 bits per heavy atom. The summed E-state index contributed by atoms with van der Waals surface area (Å²) in [5, 5.41) is 10.6. The van der Waals surface area contributed by atoms with Gasteiger partial charge in [-0.2, -0.15) is 0 Å². The highest BCUT2D eigenvalue weighted by molar-refractivity contribution is 7.47. The standard InChI is InChI=1S/C75H146O17P2/c1-9-68(8)54-46-38-33-34-42-50-58-75(80)92-71(62-86-73(78)56-48-40-31-26-25-29-37-45-53-67(6)7)64-90-94(83,84)88-60-69(76)59-87-93(81,82)89-63-70(91-74(79)57-49-41-32-24-20-16-18-22-28-36-44-52-66(4)5)61-85-72(77)55-47-39-30-23-19-15-13-11-10-12-14-17-21-27-35-43-51-65(2)3/h65-71,76H,9-64H2,1-8H3,(H,81,82)(H,83,84)/t68?,69?,70-,71-/m1/s1. The average Bonchev–Trinajstić information content (AvgIpc) is 1.28. The zero-order valence-electron chi connectivity index (χ0n) is 61.6. The third-order valence-corrected chi connectivity index (χ3v) is 19.6. The van der Waals surface area contributed by atoms with Crippen molar-refractivity contribution in [3.8, 4) is 0 Å². The summed E-state index contributed by atoms with van der Waals surface area (Å²) in [5.41, 5.74) is 0. The molecule has 3 N–H and O–H groups in total. The first-order chi connectivity index (χ1) is 45.1. The minimum absolute atomic E-state index is 0.102. The van der Waals surface area contributed by atoms with Gasteiger partial charge in [0.25, 0.3) is 0 Å². The van der Waals surface area contributed by atoms with Crippen LogP contribution in [0.1, 0.15) is 376 Å². The fourth-order valence-electron chi connectivity index (χ4n) is 11.3. The first-order valence-electron chi connectivity index (χ1n) is 38.7. The second-order valence-electron chi connectivity index (χ2n) is 28.7. The maximum atomic E-state index is 13.1. The van der Waals surface area contributed by atoms with Gasteiger partial charge in [0, 0.05) is 25.7 Å². The van der Waals surface area contributed by atoms with Crippen molar-refractivity contribution in [3.05, 3.63) is 0 Å². The summed E-state index contributed by atoms with van der Waals surface area (Å²) in [7, 11) is -9.91. The molecule has 0 radical (unpaired) electrons. The number of hydrogen-bond acceptors (Lipinski definition) is 15. The molecule has 0 bridgehead atoms. The van der Waals surface area contributed by atoms with Gasteiger partial charge in [-0.25, -0.2) is 9.13 Å². The second-order valence-corrected chi connectivity index (χ2v) is 31.6. The van der Waals surface area contributed by atoms with E-state index in [-0.39, 0.29) is 25.7 Å². The molecule has 17 nitrogen and oxygen atoms in total. The zero-order chi connectivity index (χ0) is 69.6. The molecule has 0 aliphatic heterocycles. The number of phosphoric acid groups is 2. The van der Waals surface area contributed by atoms with Crippen LogP contribution >= 0.6 is 15.6 Å². The van der Waals surface area contributed by atoms with Crippen molar-refractivity contribution in [1.82, 2.24) is 0 Å². The molecule has 19 heteroatoms. The van der Waals surface area contributed by atoms with E-state index in [2.05, 4.69) is 55.4 Å². The van der Waals surface area contributed by atoms with E-state index in [0.717, 1.165) is 114 Å². The van der Waals surface area contributed by atoms with Crippen molar-refractivity contribution in [1.29, 1.82) is 0 Å². The molecule has 0 aliphatic carbocycles. The Labute approximate surface area is 575 Å². The summed E-state index contributed by atoms with van der Waals surface area (Å²) < 4.78 is 68.4. The van der Waals surface area contributed by atoms with Gasteiger partial charge >= 0.3 is 39.5 Å². The van der Waals surface area contributed by atoms with Crippen molar-refractivity contribution < 1.29 is 80.2 Å². The molecule has 0 aromatic heterocycles. The molecule has 0 spiro atoms. The van der Waals surface area contributed by atoms with Crippen LogP contribution in [0.4, 0.5) is 0 Å². The third-order valence-electron chi connectivity index (χ3n) is 17.7. The summed E-state index contributed by atoms with van der Waals surface area (Å²) in [6.45, 7) is 14.1. The van der Waals surface area contributed by atoms with Crippen molar-refractivity contribution in [2.45, 2.75) is 395 Å². The van der Waals surface area contributed by atoms with Gasteiger partial charge in [-0.3, -0.25) is 37.3 Å². The largest absolute Gasteiger partial charge is 0.472 e. The van der Waals surface area contributed by atoms with Gasteiger partial charge in [0.1, 0.15) is 19.3 Å². The molecular formula is C75H146O17P2. The van der Waals surface area contributed by atoms with Crippen LogP contribution in [0, 0.1) is 23.7 Å². The SMILES string of the molecule is CCC(C)CCCCCCCCC(=O)O[C@H](COC(=O)CCCCCCCCCCC(C)C)COP(=O)(O)OCC(O)COP(=O)(O)OC[C@@H](COC(=O)CCCCCCCCCCCCCCCCCCC(C)C)OC(=O)CCCCCCCCCCCCCC(C)C. The van der Waals surface area contributed by atoms with E-state index in [0.29, 0.717) is 25.7 Å². The maximum absolute atomic E-state index is 13.1. The van der Waals surface area contributed by atoms with Crippen molar-refractivity contribution in [3.63, 3.8) is 0 Å². The van der Waals surface area contributed by atoms with E-state index in [1.165, 1.54) is 180 Å². The van der Waals surface area contributed by atoms with Crippen LogP contribution in [0.5, 0.6) is 0 Å². The Balaban J connectivity index is 5.22. The lowest BCUT2D eigenvalue weighted by Gasteiger charge is -2.21. The number of rotatable bonds is 72. The number of aliphatic hydroxyl groups is 1. The van der Waals surface area contributed by atoms with Crippen LogP contribution in [0.3, 0.4) is 0 Å². The minimum Gasteiger partial charge on any atom is -0.462 e. The van der Waals surface area contributed by atoms with E-state index in [4.69, 9.17) is 37.0 Å². The van der Waals surface area contributed by atoms with Gasteiger partial charge < -0.3 is 33.8 Å². The monoisotopic (exact) mass is 1380 g/mol. The number of unbranched alkanes of at least 4 members (excludes halogenated alkanes) is 37. The van der Waals surface area contributed by atoms with Crippen LogP contribution in [0.25, 0.3) is 0 Å². The quantitative estimate of drug-likeness (QED) is 0.0222. The van der Waals surface area contributed by atoms with E-state index >= 15 is 0 Å². The van der Waals surface area contributed by atoms with Crippen LogP contribution in [0.2, 0.25) is 0 Å². The highest BCUT2D eigenvalue weighted by Gasteiger charge is 2.30. The number of carbonyl (C=O) groups excluding carboxylic acids is 4. The third kappa shape index (κ3) is 67.3. The molecule has 6 atom stereocenters. The van der Waals surface area contributed by atoms with Gasteiger partial charge in [0.05, 0.1) is 26.4 Å². The van der Waals surface area contributed by atoms with E-state index in [1.54, 1.807) is 0 Å². The highest BCUT2D eigenvalue weighted by atomic mass is 31.2. The number of esters is 4. The molecular weight excluding hydrogens is 1230 g/mol. The van der Waals surface area contributed by atoms with Gasteiger partial charge in [0.2, 0.25) is 0 Å². The maximum Gasteiger partial charge on any atom is 0.472 e. The molecule has 0 saturated heterocycles. The fourth-order valence-corrected chi connectivity index (χ4v) is 12.9. The Kier molecular flexibility index (Phi) is 63.1. The Morgan fingerprint density at radius 3 is 0.755 bits per heavy atom. The van der Waals surface area contributed by atoms with E-state index in [9.17, 15) is 43.2 Å². The summed E-state index contributed by atoms with van der Waals surface area (Å²) in [6, 6.07) is 0. The van der Waals surface area contributed by atoms with Gasteiger partial charge in [0.15, 0.2) is 12.2 Å². The van der Waals surface area contributed by atoms with Crippen molar-refractivity contribution in [2.24, 2.45) is 23.7 Å². The van der Waals surface area contributed by atoms with Crippen LogP contribution < -0.4 is 0 Å². The van der Waals surface area contributed by atoms with Crippen LogP contribution in [-0.4, -0.2) is 96.7 Å². The average molecular weight is 1380 g/mol. The molecule has 0 saturated carbocycles. The first-order valence-corrected chi connectivity index (χ1v) is 41.7. The van der Waals surface area contributed by atoms with Gasteiger partial charge in [-0.15, -0.1) is 0 Å². The number of carbonyl (C=O) groups is 4. The van der Waals surface area contributed by atoms with Gasteiger partial charge in [-0.05, 0) is 49.4 Å². The Morgan fingerprint density at radius 2 is 0.511 bits per heavy atom. The van der Waals surface area contributed by atoms with Crippen molar-refractivity contribution in [2.75, 3.05) is 39.6 Å². The molecule has 0 aliphatic rings. The lowest BCUT2D eigenvalue weighted by Crippen LogP contribution is -2.30. The molecule has 0 rings (SSSR count). The van der Waals surface area contributed by atoms with E-state index in [1.807, 2.05) is 0 Å². The smallest absolute Gasteiger partial charge is 0.462 e. The summed E-state index contributed by atoms with van der Waals surface area (Å²) in [6.07, 6.45) is 48.7. The molecule has 0 amide bonds. The van der Waals surface area contributed by atoms with Crippen LogP contribution in [0.15, 0.2) is 0 Å². The first kappa shape index (κ1) is 92.1. The molecule has 0 heterocycles. The minimum atomic E-state index is -4.96. The molecule has 558 valence electrons. The molecule has 0 aromatic carbocycles. The lowest BCUT2D eigenvalue weighted by atomic mass is 10.00. The second kappa shape index (κ2) is 64.4. The Hall–Kier alpha value is -1.94. The topological polar surface area (TPSA) is 237 Å². The number of ether oxygens (including phenoxy) is 4. The Bertz CT molecular complexity index is 1850. The fraction of sp³-hybridized carbons (Fsp3) is 0.947. The van der Waals surface area contributed by atoms with Crippen LogP contribution in [-0.2, 0) is 65.4 Å². The molecule has 4 unspecified atom stereocenters. The number of hydrogen-bond donors (Lipinski definition) is 3. The number of aliphatic hydroxyl groups excluding tert-OH is 1. The number of phosphoric ester groups is 2. The summed E-state index contributed by atoms with van der Waals surface area (Å²) >= 11 is 0. The predicted molar refractivity (Wildman–Crippen MR) is 381 cm³/mol. The zero-order valence-corrected chi connectivity index (χ0v) is 63.4. The van der Waals surface area contributed by atoms with Gasteiger partial charge in [-0.1, -0.05) is 325 Å². The van der Waals surface area contributed by atoms with Crippen molar-refractivity contribution >= 4 is 39.5 Å². The van der Waals surface area contributed by atoms with E-state index < -0.39 is 97.5 Å².